The van der Waals surface area contributed by atoms with Gasteiger partial charge in [0, 0.05) is 19.5 Å². The van der Waals surface area contributed by atoms with Crippen LogP contribution in [0.25, 0.3) is 0 Å². The van der Waals surface area contributed by atoms with E-state index in [1.54, 1.807) is 0 Å². The standard InChI is InChI=1S/C9H20N2O2/c1-10-6-8-11(2)7-4-5-9(12)13-3/h10H,4-8H2,1-3H3. The van der Waals surface area contributed by atoms with Crippen molar-refractivity contribution in [3.05, 3.63) is 0 Å². The number of rotatable bonds is 7. The van der Waals surface area contributed by atoms with E-state index in [4.69, 9.17) is 0 Å². The Kier molecular flexibility index (Phi) is 7.63. The van der Waals surface area contributed by atoms with Crippen molar-refractivity contribution in [3.8, 4) is 0 Å². The third-order valence-corrected chi connectivity index (χ3v) is 1.89. The normalized spacial score (nSPS) is 10.5. The molecular formula is C9H20N2O2. The van der Waals surface area contributed by atoms with E-state index in [9.17, 15) is 4.79 Å². The molecule has 0 aromatic heterocycles. The highest BCUT2D eigenvalue weighted by molar-refractivity contribution is 5.68. The number of carbonyl (C=O) groups excluding carboxylic acids is 1. The van der Waals surface area contributed by atoms with Gasteiger partial charge in [0.05, 0.1) is 7.11 Å². The zero-order valence-electron chi connectivity index (χ0n) is 8.80. The number of likely N-dealkylation sites (N-methyl/N-ethyl adjacent to an activating group) is 2. The van der Waals surface area contributed by atoms with Gasteiger partial charge in [-0.1, -0.05) is 0 Å². The van der Waals surface area contributed by atoms with Gasteiger partial charge in [0.15, 0.2) is 0 Å². The monoisotopic (exact) mass is 188 g/mol. The minimum atomic E-state index is -0.123. The van der Waals surface area contributed by atoms with Crippen LogP contribution in [-0.4, -0.2) is 51.7 Å². The molecule has 0 fully saturated rings. The number of nitrogens with zero attached hydrogens (tertiary/aromatic N) is 1. The second-order valence-corrected chi connectivity index (χ2v) is 3.09. The van der Waals surface area contributed by atoms with Gasteiger partial charge in [-0.3, -0.25) is 4.79 Å². The van der Waals surface area contributed by atoms with Crippen molar-refractivity contribution in [2.75, 3.05) is 40.8 Å². The maximum Gasteiger partial charge on any atom is 0.305 e. The van der Waals surface area contributed by atoms with Gasteiger partial charge >= 0.3 is 5.97 Å². The highest BCUT2D eigenvalue weighted by Crippen LogP contribution is 1.93. The molecule has 4 heteroatoms. The summed E-state index contributed by atoms with van der Waals surface area (Å²) in [5.74, 6) is -0.123. The molecule has 0 aliphatic carbocycles. The fourth-order valence-electron chi connectivity index (χ4n) is 1.01. The van der Waals surface area contributed by atoms with E-state index in [1.807, 2.05) is 7.05 Å². The van der Waals surface area contributed by atoms with E-state index < -0.39 is 0 Å². The molecule has 0 aliphatic rings. The molecule has 78 valence electrons. The third-order valence-electron chi connectivity index (χ3n) is 1.89. The van der Waals surface area contributed by atoms with E-state index in [1.165, 1.54) is 7.11 Å². The SMILES string of the molecule is CNCCN(C)CCCC(=O)OC. The first kappa shape index (κ1) is 12.4. The number of nitrogens with one attached hydrogen (secondary N) is 1. The first-order valence-corrected chi connectivity index (χ1v) is 4.60. The van der Waals surface area contributed by atoms with Gasteiger partial charge in [0.1, 0.15) is 0 Å². The minimum Gasteiger partial charge on any atom is -0.469 e. The molecule has 0 heterocycles. The van der Waals surface area contributed by atoms with Crippen LogP contribution in [0.1, 0.15) is 12.8 Å². The Labute approximate surface area is 80.2 Å². The van der Waals surface area contributed by atoms with E-state index in [0.29, 0.717) is 6.42 Å². The molecule has 0 saturated carbocycles. The lowest BCUT2D eigenvalue weighted by molar-refractivity contribution is -0.140. The van der Waals surface area contributed by atoms with Crippen LogP contribution in [0, 0.1) is 0 Å². The van der Waals surface area contributed by atoms with Crippen LogP contribution in [0.3, 0.4) is 0 Å². The number of esters is 1. The lowest BCUT2D eigenvalue weighted by atomic mass is 10.3. The fourth-order valence-corrected chi connectivity index (χ4v) is 1.01. The first-order chi connectivity index (χ1) is 6.20. The predicted octanol–water partition coefficient (Wildman–Crippen LogP) is 0.0908. The topological polar surface area (TPSA) is 41.6 Å². The first-order valence-electron chi connectivity index (χ1n) is 4.60. The summed E-state index contributed by atoms with van der Waals surface area (Å²) in [4.78, 5) is 12.9. The van der Waals surface area contributed by atoms with Crippen molar-refractivity contribution >= 4 is 5.97 Å². The number of carbonyl (C=O) groups is 1. The van der Waals surface area contributed by atoms with Gasteiger partial charge in [0.2, 0.25) is 0 Å². The molecule has 0 aliphatic heterocycles. The zero-order chi connectivity index (χ0) is 10.1. The molecule has 0 atom stereocenters. The van der Waals surface area contributed by atoms with E-state index in [2.05, 4.69) is 22.0 Å². The molecule has 4 nitrogen and oxygen atoms in total. The second kappa shape index (κ2) is 8.01. The van der Waals surface area contributed by atoms with Gasteiger partial charge in [-0.05, 0) is 27.1 Å². The molecule has 0 bridgehead atoms. The summed E-state index contributed by atoms with van der Waals surface area (Å²) in [6, 6.07) is 0. The Bertz CT molecular complexity index is 140. The van der Waals surface area contributed by atoms with Gasteiger partial charge in [0.25, 0.3) is 0 Å². The smallest absolute Gasteiger partial charge is 0.305 e. The molecule has 1 N–H and O–H groups in total. The van der Waals surface area contributed by atoms with E-state index in [-0.39, 0.29) is 5.97 Å². The maximum absolute atomic E-state index is 10.8. The van der Waals surface area contributed by atoms with Crippen molar-refractivity contribution in [3.63, 3.8) is 0 Å². The second-order valence-electron chi connectivity index (χ2n) is 3.09. The Hall–Kier alpha value is -0.610. The van der Waals surface area contributed by atoms with Crippen LogP contribution < -0.4 is 5.32 Å². The summed E-state index contributed by atoms with van der Waals surface area (Å²) < 4.78 is 4.54. The summed E-state index contributed by atoms with van der Waals surface area (Å²) >= 11 is 0. The third kappa shape index (κ3) is 7.74. The van der Waals surface area contributed by atoms with Crippen LogP contribution in [0.15, 0.2) is 0 Å². The summed E-state index contributed by atoms with van der Waals surface area (Å²) in [7, 11) is 5.41. The Morgan fingerprint density at radius 2 is 2.15 bits per heavy atom. The van der Waals surface area contributed by atoms with E-state index in [0.717, 1.165) is 26.1 Å². The summed E-state index contributed by atoms with van der Waals surface area (Å²) in [6.07, 6.45) is 1.38. The minimum absolute atomic E-state index is 0.123. The fraction of sp³-hybridized carbons (Fsp3) is 0.889. The lowest BCUT2D eigenvalue weighted by Crippen LogP contribution is -2.28. The summed E-state index contributed by atoms with van der Waals surface area (Å²) in [5, 5.41) is 3.08. The molecule has 0 amide bonds. The molecule has 0 rings (SSSR count). The Morgan fingerprint density at radius 3 is 2.69 bits per heavy atom. The molecular weight excluding hydrogens is 168 g/mol. The predicted molar refractivity (Wildman–Crippen MR) is 52.7 cm³/mol. The average Bonchev–Trinajstić information content (AvgIpc) is 2.14. The van der Waals surface area contributed by atoms with Crippen LogP contribution in [0.4, 0.5) is 0 Å². The Balaban J connectivity index is 3.26. The Morgan fingerprint density at radius 1 is 1.46 bits per heavy atom. The van der Waals surface area contributed by atoms with Crippen molar-refractivity contribution < 1.29 is 9.53 Å². The van der Waals surface area contributed by atoms with Gasteiger partial charge in [-0.25, -0.2) is 0 Å². The molecule has 0 aromatic carbocycles. The maximum atomic E-state index is 10.8. The van der Waals surface area contributed by atoms with Gasteiger partial charge in [-0.15, -0.1) is 0 Å². The van der Waals surface area contributed by atoms with Crippen molar-refractivity contribution in [1.82, 2.24) is 10.2 Å². The number of ether oxygens (including phenoxy) is 1. The highest BCUT2D eigenvalue weighted by Gasteiger charge is 2.01. The molecule has 0 saturated heterocycles. The highest BCUT2D eigenvalue weighted by atomic mass is 16.5. The molecule has 13 heavy (non-hydrogen) atoms. The molecule has 0 aromatic rings. The number of methoxy groups -OCH3 is 1. The van der Waals surface area contributed by atoms with E-state index >= 15 is 0 Å². The van der Waals surface area contributed by atoms with Crippen LogP contribution >= 0.6 is 0 Å². The number of hydrogen-bond acceptors (Lipinski definition) is 4. The average molecular weight is 188 g/mol. The van der Waals surface area contributed by atoms with Gasteiger partial charge < -0.3 is 15.0 Å². The van der Waals surface area contributed by atoms with Crippen molar-refractivity contribution in [2.24, 2.45) is 0 Å². The van der Waals surface area contributed by atoms with Crippen molar-refractivity contribution in [1.29, 1.82) is 0 Å². The van der Waals surface area contributed by atoms with Crippen LogP contribution in [0.2, 0.25) is 0 Å². The van der Waals surface area contributed by atoms with Crippen molar-refractivity contribution in [2.45, 2.75) is 12.8 Å². The summed E-state index contributed by atoms with van der Waals surface area (Å²) in [5.41, 5.74) is 0. The molecule has 0 unspecified atom stereocenters. The van der Waals surface area contributed by atoms with Crippen LogP contribution in [-0.2, 0) is 9.53 Å². The quantitative estimate of drug-likeness (QED) is 0.575. The van der Waals surface area contributed by atoms with Crippen LogP contribution in [0.5, 0.6) is 0 Å². The molecule has 0 spiro atoms. The lowest BCUT2D eigenvalue weighted by Gasteiger charge is -2.15. The number of hydrogen-bond donors (Lipinski definition) is 1. The largest absolute Gasteiger partial charge is 0.469 e. The summed E-state index contributed by atoms with van der Waals surface area (Å²) in [6.45, 7) is 2.93. The molecule has 0 radical (unpaired) electrons. The zero-order valence-corrected chi connectivity index (χ0v) is 8.80. The van der Waals surface area contributed by atoms with Gasteiger partial charge in [-0.2, -0.15) is 0 Å².